The molecule has 0 heterocycles. The minimum atomic E-state index is -1.49. The predicted molar refractivity (Wildman–Crippen MR) is 81.4 cm³/mol. The maximum atomic E-state index is 10.7. The maximum absolute atomic E-state index is 10.7. The van der Waals surface area contributed by atoms with Crippen molar-refractivity contribution in [1.29, 1.82) is 0 Å². The minimum absolute atomic E-state index is 0.275. The lowest BCUT2D eigenvalue weighted by Crippen LogP contribution is -2.40. The number of hydrogen-bond acceptors (Lipinski definition) is 4. The van der Waals surface area contributed by atoms with E-state index in [4.69, 9.17) is 20.4 Å². The number of carbonyl (C=O) groups is 4. The van der Waals surface area contributed by atoms with Gasteiger partial charge in [-0.3, -0.25) is 19.2 Å². The molecular formula is C16H22O8. The van der Waals surface area contributed by atoms with Gasteiger partial charge >= 0.3 is 23.9 Å². The molecule has 8 nitrogen and oxygen atoms in total. The molecule has 4 N–H and O–H groups in total. The zero-order chi connectivity index (χ0) is 18.3. The first-order chi connectivity index (χ1) is 11.2. The molecule has 0 amide bonds. The van der Waals surface area contributed by atoms with E-state index in [2.05, 4.69) is 0 Å². The van der Waals surface area contributed by atoms with Gasteiger partial charge in [0.05, 0.1) is 11.8 Å². The highest BCUT2D eigenvalue weighted by atomic mass is 16.4. The van der Waals surface area contributed by atoms with Gasteiger partial charge in [0.25, 0.3) is 0 Å². The second kappa shape index (κ2) is 8.47. The van der Waals surface area contributed by atoms with Gasteiger partial charge in [-0.25, -0.2) is 0 Å². The Morgan fingerprint density at radius 2 is 1.38 bits per heavy atom. The summed E-state index contributed by atoms with van der Waals surface area (Å²) in [7, 11) is 0. The van der Waals surface area contributed by atoms with Gasteiger partial charge in [-0.15, -0.1) is 0 Å². The van der Waals surface area contributed by atoms with Crippen LogP contribution in [0.4, 0.5) is 0 Å². The van der Waals surface area contributed by atoms with Crippen molar-refractivity contribution in [2.24, 2.45) is 17.3 Å². The van der Waals surface area contributed by atoms with E-state index in [1.54, 1.807) is 6.08 Å². The first-order valence-corrected chi connectivity index (χ1v) is 7.81. The van der Waals surface area contributed by atoms with Crippen molar-refractivity contribution >= 4 is 23.9 Å². The summed E-state index contributed by atoms with van der Waals surface area (Å²) in [5.74, 6) is -6.06. The van der Waals surface area contributed by atoms with E-state index in [-0.39, 0.29) is 12.8 Å². The van der Waals surface area contributed by atoms with Crippen LogP contribution in [0.3, 0.4) is 0 Å². The van der Waals surface area contributed by atoms with Crippen LogP contribution in [-0.2, 0) is 19.2 Å². The van der Waals surface area contributed by atoms with E-state index in [1.165, 1.54) is 6.08 Å². The van der Waals surface area contributed by atoms with Crippen LogP contribution in [-0.4, -0.2) is 44.3 Å². The summed E-state index contributed by atoms with van der Waals surface area (Å²) in [5.41, 5.74) is -1.49. The fraction of sp³-hybridized carbons (Fsp3) is 0.625. The molecule has 8 heteroatoms. The molecule has 2 unspecified atom stereocenters. The molecule has 24 heavy (non-hydrogen) atoms. The van der Waals surface area contributed by atoms with E-state index in [1.807, 2.05) is 0 Å². The Balaban J connectivity index is 0.000000240. The highest BCUT2D eigenvalue weighted by molar-refractivity contribution is 5.98. The predicted octanol–water partition coefficient (Wildman–Crippen LogP) is 1.84. The van der Waals surface area contributed by atoms with E-state index in [0.717, 1.165) is 6.42 Å². The number of allylic oxidation sites excluding steroid dienone is 1. The van der Waals surface area contributed by atoms with Crippen molar-refractivity contribution < 1.29 is 39.6 Å². The second-order valence-electron chi connectivity index (χ2n) is 6.07. The van der Waals surface area contributed by atoms with Crippen LogP contribution in [0.25, 0.3) is 0 Å². The number of carboxylic acid groups (broad SMARTS) is 4. The maximum Gasteiger partial charge on any atom is 0.321 e. The summed E-state index contributed by atoms with van der Waals surface area (Å²) in [6, 6.07) is 0. The Morgan fingerprint density at radius 3 is 1.71 bits per heavy atom. The van der Waals surface area contributed by atoms with Crippen LogP contribution in [0, 0.1) is 17.3 Å². The van der Waals surface area contributed by atoms with Crippen molar-refractivity contribution in [2.45, 2.75) is 44.9 Å². The quantitative estimate of drug-likeness (QED) is 0.446. The lowest BCUT2D eigenvalue weighted by molar-refractivity contribution is -0.167. The summed E-state index contributed by atoms with van der Waals surface area (Å²) >= 11 is 0. The molecule has 0 aromatic rings. The topological polar surface area (TPSA) is 149 Å². The van der Waals surface area contributed by atoms with E-state index in [9.17, 15) is 19.2 Å². The van der Waals surface area contributed by atoms with Gasteiger partial charge in [-0.1, -0.05) is 31.4 Å². The van der Waals surface area contributed by atoms with Crippen LogP contribution in [0.1, 0.15) is 44.9 Å². The van der Waals surface area contributed by atoms with Gasteiger partial charge in [0.2, 0.25) is 0 Å². The molecule has 134 valence electrons. The first-order valence-electron chi connectivity index (χ1n) is 7.81. The average Bonchev–Trinajstić information content (AvgIpc) is 2.55. The Hall–Kier alpha value is -2.38. The smallest absolute Gasteiger partial charge is 0.321 e. The fourth-order valence-corrected chi connectivity index (χ4v) is 3.04. The normalized spacial score (nSPS) is 25.0. The summed E-state index contributed by atoms with van der Waals surface area (Å²) in [4.78, 5) is 42.6. The van der Waals surface area contributed by atoms with Crippen molar-refractivity contribution in [1.82, 2.24) is 0 Å². The zero-order valence-electron chi connectivity index (χ0n) is 13.2. The van der Waals surface area contributed by atoms with Crippen LogP contribution in [0.5, 0.6) is 0 Å². The average molecular weight is 342 g/mol. The number of aliphatic carboxylic acids is 4. The van der Waals surface area contributed by atoms with Gasteiger partial charge in [-0.2, -0.15) is 0 Å². The Kier molecular flexibility index (Phi) is 6.94. The van der Waals surface area contributed by atoms with Gasteiger partial charge in [0.1, 0.15) is 0 Å². The number of hydrogen-bond donors (Lipinski definition) is 4. The van der Waals surface area contributed by atoms with Crippen molar-refractivity contribution in [3.05, 3.63) is 12.2 Å². The van der Waals surface area contributed by atoms with Crippen molar-refractivity contribution in [2.75, 3.05) is 0 Å². The molecular weight excluding hydrogens is 320 g/mol. The molecule has 0 bridgehead atoms. The third-order valence-electron chi connectivity index (χ3n) is 4.55. The van der Waals surface area contributed by atoms with Crippen LogP contribution in [0.15, 0.2) is 12.2 Å². The van der Waals surface area contributed by atoms with Gasteiger partial charge < -0.3 is 20.4 Å². The van der Waals surface area contributed by atoms with E-state index < -0.39 is 41.1 Å². The Bertz CT molecular complexity index is 514. The largest absolute Gasteiger partial charge is 0.481 e. The molecule has 2 rings (SSSR count). The SMILES string of the molecule is O=C(O)C1(C(=O)O)CCCCC1.O=C(O)C1C=CCCC1C(=O)O. The number of carboxylic acids is 4. The molecule has 0 aromatic carbocycles. The molecule has 0 aliphatic heterocycles. The Morgan fingerprint density at radius 1 is 0.833 bits per heavy atom. The van der Waals surface area contributed by atoms with Crippen molar-refractivity contribution in [3.8, 4) is 0 Å². The lowest BCUT2D eigenvalue weighted by Gasteiger charge is -2.28. The summed E-state index contributed by atoms with van der Waals surface area (Å²) < 4.78 is 0. The minimum Gasteiger partial charge on any atom is -0.481 e. The molecule has 0 spiro atoms. The van der Waals surface area contributed by atoms with E-state index in [0.29, 0.717) is 25.7 Å². The molecule has 0 saturated heterocycles. The highest BCUT2D eigenvalue weighted by Crippen LogP contribution is 2.36. The van der Waals surface area contributed by atoms with Crippen LogP contribution in [0.2, 0.25) is 0 Å². The van der Waals surface area contributed by atoms with Crippen LogP contribution >= 0.6 is 0 Å². The van der Waals surface area contributed by atoms with Crippen molar-refractivity contribution in [3.63, 3.8) is 0 Å². The van der Waals surface area contributed by atoms with Gasteiger partial charge in [0, 0.05) is 0 Å². The fourth-order valence-electron chi connectivity index (χ4n) is 3.04. The number of rotatable bonds is 4. The monoisotopic (exact) mass is 342 g/mol. The summed E-state index contributed by atoms with van der Waals surface area (Å²) in [5, 5.41) is 34.9. The third-order valence-corrected chi connectivity index (χ3v) is 4.55. The summed E-state index contributed by atoms with van der Waals surface area (Å²) in [6.45, 7) is 0. The molecule has 2 aliphatic carbocycles. The highest BCUT2D eigenvalue weighted by Gasteiger charge is 2.46. The summed E-state index contributed by atoms with van der Waals surface area (Å²) in [6.07, 6.45) is 7.17. The van der Waals surface area contributed by atoms with Crippen LogP contribution < -0.4 is 0 Å². The molecule has 2 aliphatic rings. The second-order valence-corrected chi connectivity index (χ2v) is 6.07. The molecule has 1 fully saturated rings. The lowest BCUT2D eigenvalue weighted by atomic mass is 9.74. The first kappa shape index (κ1) is 19.7. The zero-order valence-corrected chi connectivity index (χ0v) is 13.2. The third kappa shape index (κ3) is 4.56. The Labute approximate surface area is 138 Å². The molecule has 1 saturated carbocycles. The molecule has 0 radical (unpaired) electrons. The van der Waals surface area contributed by atoms with Gasteiger partial charge in [0.15, 0.2) is 5.41 Å². The standard InChI is InChI=1S/C8H12O4.C8H10O4/c9-6(10)8(7(11)12)4-2-1-3-5-8;9-7(10)5-3-1-2-4-6(5)8(11)12/h1-5H2,(H,9,10)(H,11,12);1,3,5-6H,2,4H2,(H,9,10)(H,11,12). The molecule has 2 atom stereocenters. The molecule has 0 aromatic heterocycles. The van der Waals surface area contributed by atoms with Gasteiger partial charge in [-0.05, 0) is 25.7 Å². The van der Waals surface area contributed by atoms with E-state index >= 15 is 0 Å².